The van der Waals surface area contributed by atoms with E-state index in [0.29, 0.717) is 29.6 Å². The largest absolute Gasteiger partial charge is 0.493 e. The Labute approximate surface area is 283 Å². The van der Waals surface area contributed by atoms with Crippen molar-refractivity contribution in [3.8, 4) is 23.0 Å². The van der Waals surface area contributed by atoms with Crippen LogP contribution in [0.2, 0.25) is 0 Å². The van der Waals surface area contributed by atoms with E-state index in [1.165, 1.54) is 26.3 Å². The predicted octanol–water partition coefficient (Wildman–Crippen LogP) is 3.49. The molecule has 1 amide bonds. The van der Waals surface area contributed by atoms with Crippen LogP contribution >= 0.6 is 0 Å². The molecule has 13 nitrogen and oxygen atoms in total. The summed E-state index contributed by atoms with van der Waals surface area (Å²) in [5.74, 6) is -5.35. The Morgan fingerprint density at radius 2 is 1.67 bits per heavy atom. The number of ether oxygens (including phenoxy) is 5. The third kappa shape index (κ3) is 9.06. The Morgan fingerprint density at radius 3 is 2.35 bits per heavy atom. The van der Waals surface area contributed by atoms with Gasteiger partial charge in [0.2, 0.25) is 18.4 Å². The van der Waals surface area contributed by atoms with E-state index in [9.17, 15) is 28.8 Å². The number of hydrogen-bond acceptors (Lipinski definition) is 12. The summed E-state index contributed by atoms with van der Waals surface area (Å²) in [7, 11) is 1.37. The maximum Gasteiger partial charge on any atom is 0.308 e. The Kier molecular flexibility index (Phi) is 12.6. The first-order valence-corrected chi connectivity index (χ1v) is 15.6. The van der Waals surface area contributed by atoms with Crippen molar-refractivity contribution < 1.29 is 52.5 Å². The normalized spacial score (nSPS) is 14.1. The molecule has 0 radical (unpaired) electrons. The molecule has 0 saturated carbocycles. The van der Waals surface area contributed by atoms with Gasteiger partial charge in [-0.2, -0.15) is 0 Å². The van der Waals surface area contributed by atoms with Crippen molar-refractivity contribution in [3.63, 3.8) is 0 Å². The van der Waals surface area contributed by atoms with E-state index in [0.717, 1.165) is 5.56 Å². The lowest BCUT2D eigenvalue weighted by Crippen LogP contribution is -2.49. The molecule has 258 valence electrons. The number of hydrogen-bond donors (Lipinski definition) is 1. The zero-order chi connectivity index (χ0) is 35.5. The van der Waals surface area contributed by atoms with E-state index in [2.05, 4.69) is 10.3 Å². The predicted molar refractivity (Wildman–Crippen MR) is 173 cm³/mol. The van der Waals surface area contributed by atoms with Gasteiger partial charge in [-0.3, -0.25) is 19.2 Å². The van der Waals surface area contributed by atoms with Crippen LogP contribution < -0.4 is 24.3 Å². The molecule has 0 fully saturated rings. The number of esters is 1. The second-order valence-electron chi connectivity index (χ2n) is 11.7. The minimum atomic E-state index is -1.60. The number of carbonyl (C=O) groups is 6. The van der Waals surface area contributed by atoms with Crippen LogP contribution in [0.4, 0.5) is 0 Å². The molecule has 2 heterocycles. The fraction of sp³-hybridized carbons (Fsp3) is 0.361. The van der Waals surface area contributed by atoms with Gasteiger partial charge in [0.1, 0.15) is 31.3 Å². The number of methoxy groups -OCH3 is 1. The lowest BCUT2D eigenvalue weighted by atomic mass is 9.83. The molecule has 13 heteroatoms. The van der Waals surface area contributed by atoms with Crippen LogP contribution in [0, 0.1) is 17.8 Å². The molecule has 49 heavy (non-hydrogen) atoms. The van der Waals surface area contributed by atoms with Crippen LogP contribution in [0.3, 0.4) is 0 Å². The molecule has 2 aromatic carbocycles. The molecule has 4 rings (SSSR count). The first kappa shape index (κ1) is 36.2. The number of benzene rings is 2. The van der Waals surface area contributed by atoms with Crippen molar-refractivity contribution >= 4 is 36.0 Å². The second kappa shape index (κ2) is 17.0. The molecule has 3 aromatic rings. The van der Waals surface area contributed by atoms with Crippen molar-refractivity contribution in [3.05, 3.63) is 77.6 Å². The van der Waals surface area contributed by atoms with Gasteiger partial charge >= 0.3 is 5.97 Å². The van der Waals surface area contributed by atoms with Crippen LogP contribution in [0.5, 0.6) is 23.0 Å². The van der Waals surface area contributed by atoms with Crippen molar-refractivity contribution in [2.24, 2.45) is 17.8 Å². The van der Waals surface area contributed by atoms with Crippen LogP contribution in [-0.2, 0) is 41.7 Å². The van der Waals surface area contributed by atoms with Gasteiger partial charge in [0.15, 0.2) is 28.7 Å². The summed E-state index contributed by atoms with van der Waals surface area (Å²) >= 11 is 0. The quantitative estimate of drug-likeness (QED) is 0.118. The van der Waals surface area contributed by atoms with Gasteiger partial charge in [0.25, 0.3) is 5.91 Å². The number of amides is 1. The van der Waals surface area contributed by atoms with Gasteiger partial charge in [-0.05, 0) is 29.7 Å². The maximum absolute atomic E-state index is 13.6. The molecule has 1 N–H and O–H groups in total. The van der Waals surface area contributed by atoms with E-state index in [1.54, 1.807) is 62.4 Å². The fourth-order valence-corrected chi connectivity index (χ4v) is 5.14. The Morgan fingerprint density at radius 1 is 0.939 bits per heavy atom. The van der Waals surface area contributed by atoms with Crippen molar-refractivity contribution in [2.45, 2.75) is 52.4 Å². The number of ketones is 2. The summed E-state index contributed by atoms with van der Waals surface area (Å²) in [5.41, 5.74) is 1.17. The molecule has 0 saturated heterocycles. The van der Waals surface area contributed by atoms with Crippen molar-refractivity contribution in [1.29, 1.82) is 0 Å². The highest BCUT2D eigenvalue weighted by Crippen LogP contribution is 2.34. The molecule has 0 bridgehead atoms. The average molecular weight is 675 g/mol. The summed E-state index contributed by atoms with van der Waals surface area (Å²) in [6.45, 7) is 4.63. The lowest BCUT2D eigenvalue weighted by Gasteiger charge is -2.29. The Balaban J connectivity index is 1.54. The number of nitrogens with one attached hydrogen (secondary N) is 1. The van der Waals surface area contributed by atoms with Gasteiger partial charge < -0.3 is 38.6 Å². The van der Waals surface area contributed by atoms with Crippen molar-refractivity contribution in [1.82, 2.24) is 10.3 Å². The third-order valence-electron chi connectivity index (χ3n) is 7.86. The zero-order valence-corrected chi connectivity index (χ0v) is 27.6. The highest BCUT2D eigenvalue weighted by molar-refractivity contribution is 6.40. The molecular formula is C36H38N2O11. The third-order valence-corrected chi connectivity index (χ3v) is 7.86. The smallest absolute Gasteiger partial charge is 0.308 e. The summed E-state index contributed by atoms with van der Waals surface area (Å²) in [5, 5.41) is 2.42. The standard InChI is InChI=1S/C36H38N2O11/c1-21(2)36(44)49-33(25(18-40)16-23-8-6-5-7-9-23)22(3)31(41)32(42)26(13-15-39)38-35(43)30-34(28(45-4)12-14-37-30)46-19-24-10-11-27-29(17-24)48-20-47-27/h5-12,14-15,17-18,21-22,25-26,33H,13,16,19-20H2,1-4H3,(H,38,43)/t22-,25+,26+,33+/m1/s1. The molecule has 0 unspecified atom stereocenters. The number of fused-ring (bicyclic) bond motifs is 1. The van der Waals surface area contributed by atoms with Gasteiger partial charge in [0.05, 0.1) is 24.9 Å². The van der Waals surface area contributed by atoms with Crippen LogP contribution in [0.1, 0.15) is 48.8 Å². The number of carbonyl (C=O) groups excluding carboxylic acids is 6. The Bertz CT molecular complexity index is 1670. The van der Waals surface area contributed by atoms with Crippen LogP contribution in [0.25, 0.3) is 0 Å². The van der Waals surface area contributed by atoms with E-state index < -0.39 is 59.8 Å². The molecule has 4 atom stereocenters. The van der Waals surface area contributed by atoms with Gasteiger partial charge in [-0.15, -0.1) is 0 Å². The molecule has 0 spiro atoms. The van der Waals surface area contributed by atoms with E-state index in [-0.39, 0.29) is 37.0 Å². The number of Topliss-reactive ketones (excluding diaryl/α,β-unsaturated/α-hetero) is 2. The summed E-state index contributed by atoms with van der Waals surface area (Å²) in [6.07, 6.45) is 0.563. The molecule has 0 aliphatic carbocycles. The van der Waals surface area contributed by atoms with E-state index in [1.807, 2.05) is 0 Å². The SMILES string of the molecule is COc1ccnc(C(=O)N[C@@H](CC=O)C(=O)C(=O)[C@@H](C)[C@H](OC(=O)C(C)C)[C@H](C=O)Cc2ccccc2)c1OCc1ccc2c(c1)OCO2. The highest BCUT2D eigenvalue weighted by atomic mass is 16.7. The molecular weight excluding hydrogens is 636 g/mol. The number of nitrogens with zero attached hydrogens (tertiary/aromatic N) is 1. The minimum Gasteiger partial charge on any atom is -0.493 e. The zero-order valence-electron chi connectivity index (χ0n) is 27.6. The van der Waals surface area contributed by atoms with Gasteiger partial charge in [-0.25, -0.2) is 4.98 Å². The van der Waals surface area contributed by atoms with Crippen LogP contribution in [-0.4, -0.2) is 67.0 Å². The van der Waals surface area contributed by atoms with E-state index >= 15 is 0 Å². The average Bonchev–Trinajstić information content (AvgIpc) is 3.59. The number of rotatable bonds is 18. The fourth-order valence-electron chi connectivity index (χ4n) is 5.14. The summed E-state index contributed by atoms with van der Waals surface area (Å²) < 4.78 is 27.7. The topological polar surface area (TPSA) is 173 Å². The molecule has 1 aliphatic heterocycles. The minimum absolute atomic E-state index is 0.0248. The maximum atomic E-state index is 13.6. The van der Waals surface area contributed by atoms with Crippen LogP contribution in [0.15, 0.2) is 60.8 Å². The number of pyridine rings is 1. The van der Waals surface area contributed by atoms with Gasteiger partial charge in [-0.1, -0.05) is 57.2 Å². The van der Waals surface area contributed by atoms with E-state index in [4.69, 9.17) is 23.7 Å². The first-order valence-electron chi connectivity index (χ1n) is 15.6. The second-order valence-corrected chi connectivity index (χ2v) is 11.7. The first-order chi connectivity index (χ1) is 23.6. The van der Waals surface area contributed by atoms with Gasteiger partial charge in [0, 0.05) is 18.7 Å². The molecule has 1 aliphatic rings. The summed E-state index contributed by atoms with van der Waals surface area (Å²) in [4.78, 5) is 81.5. The Hall–Kier alpha value is -5.59. The number of aromatic nitrogens is 1. The molecule has 1 aromatic heterocycles. The monoisotopic (exact) mass is 674 g/mol. The summed E-state index contributed by atoms with van der Waals surface area (Å²) in [6, 6.07) is 14.0. The highest BCUT2D eigenvalue weighted by Gasteiger charge is 2.40. The lowest BCUT2D eigenvalue weighted by molar-refractivity contribution is -0.162. The number of aldehydes is 2. The van der Waals surface area contributed by atoms with Crippen molar-refractivity contribution in [2.75, 3.05) is 13.9 Å².